The standard InChI is InChI=1S/C13H17N7O5/c1-9-6-11(20(24)25)16-17(9)5-4-14-12(21)13(2,3)18-8-10(7-15-18)19(22)23/h6-8H,4-5H2,1-3H3,(H,14,21). The molecule has 0 fully saturated rings. The number of hydrogen-bond donors (Lipinski definition) is 1. The van der Waals surface area contributed by atoms with Crippen molar-refractivity contribution < 1.29 is 14.6 Å². The van der Waals surface area contributed by atoms with Crippen LogP contribution in [0.2, 0.25) is 0 Å². The molecule has 0 atom stereocenters. The van der Waals surface area contributed by atoms with E-state index < -0.39 is 21.3 Å². The lowest BCUT2D eigenvalue weighted by atomic mass is 10.1. The van der Waals surface area contributed by atoms with Crippen molar-refractivity contribution in [1.82, 2.24) is 24.9 Å². The SMILES string of the molecule is Cc1cc([N+](=O)[O-])nn1CCNC(=O)C(C)(C)n1cc([N+](=O)[O-])cn1. The number of hydrogen-bond acceptors (Lipinski definition) is 7. The van der Waals surface area contributed by atoms with Crippen molar-refractivity contribution in [3.63, 3.8) is 0 Å². The summed E-state index contributed by atoms with van der Waals surface area (Å²) in [5.41, 5.74) is -0.748. The van der Waals surface area contributed by atoms with Gasteiger partial charge in [-0.05, 0) is 25.7 Å². The third-order valence-corrected chi connectivity index (χ3v) is 3.67. The highest BCUT2D eigenvalue weighted by Crippen LogP contribution is 2.18. The first-order valence-corrected chi connectivity index (χ1v) is 7.29. The van der Waals surface area contributed by atoms with Crippen molar-refractivity contribution in [2.45, 2.75) is 32.9 Å². The van der Waals surface area contributed by atoms with Gasteiger partial charge in [0, 0.05) is 6.54 Å². The lowest BCUT2D eigenvalue weighted by Crippen LogP contribution is -2.45. The van der Waals surface area contributed by atoms with Gasteiger partial charge in [-0.25, -0.2) is 0 Å². The number of carbonyl (C=O) groups is 1. The van der Waals surface area contributed by atoms with Crippen LogP contribution in [0.4, 0.5) is 11.5 Å². The van der Waals surface area contributed by atoms with Crippen LogP contribution in [0.5, 0.6) is 0 Å². The Kier molecular flexibility index (Phi) is 4.81. The van der Waals surface area contributed by atoms with Crippen molar-refractivity contribution in [2.24, 2.45) is 0 Å². The Morgan fingerprint density at radius 3 is 2.52 bits per heavy atom. The van der Waals surface area contributed by atoms with E-state index in [9.17, 15) is 25.0 Å². The monoisotopic (exact) mass is 351 g/mol. The summed E-state index contributed by atoms with van der Waals surface area (Å²) >= 11 is 0. The lowest BCUT2D eigenvalue weighted by Gasteiger charge is -2.23. The number of nitro groups is 2. The van der Waals surface area contributed by atoms with Gasteiger partial charge in [-0.1, -0.05) is 0 Å². The number of aryl methyl sites for hydroxylation is 1. The van der Waals surface area contributed by atoms with Crippen LogP contribution in [0.1, 0.15) is 19.5 Å². The van der Waals surface area contributed by atoms with E-state index in [-0.39, 0.29) is 24.6 Å². The number of carbonyl (C=O) groups excluding carboxylic acids is 1. The van der Waals surface area contributed by atoms with Gasteiger partial charge in [0.15, 0.2) is 0 Å². The Balaban J connectivity index is 1.99. The molecule has 0 unspecified atom stereocenters. The van der Waals surface area contributed by atoms with Crippen molar-refractivity contribution in [3.8, 4) is 0 Å². The zero-order valence-corrected chi connectivity index (χ0v) is 13.9. The van der Waals surface area contributed by atoms with E-state index in [0.717, 1.165) is 6.20 Å². The molecule has 0 aliphatic rings. The van der Waals surface area contributed by atoms with E-state index in [1.807, 2.05) is 0 Å². The molecule has 2 aromatic rings. The highest BCUT2D eigenvalue weighted by atomic mass is 16.6. The lowest BCUT2D eigenvalue weighted by molar-refractivity contribution is -0.389. The molecular formula is C13H17N7O5. The minimum atomic E-state index is -1.14. The van der Waals surface area contributed by atoms with Gasteiger partial charge in [0.2, 0.25) is 5.91 Å². The molecule has 0 aliphatic heterocycles. The molecule has 0 radical (unpaired) electrons. The van der Waals surface area contributed by atoms with E-state index >= 15 is 0 Å². The van der Waals surface area contributed by atoms with E-state index in [1.165, 1.54) is 21.6 Å². The molecule has 0 spiro atoms. The van der Waals surface area contributed by atoms with Gasteiger partial charge >= 0.3 is 11.5 Å². The van der Waals surface area contributed by atoms with Crippen LogP contribution in [0.3, 0.4) is 0 Å². The summed E-state index contributed by atoms with van der Waals surface area (Å²) in [5, 5.41) is 31.8. The van der Waals surface area contributed by atoms with Gasteiger partial charge in [0.1, 0.15) is 17.9 Å². The molecule has 0 bridgehead atoms. The average molecular weight is 351 g/mol. The van der Waals surface area contributed by atoms with E-state index in [1.54, 1.807) is 20.8 Å². The first-order valence-electron chi connectivity index (χ1n) is 7.29. The third kappa shape index (κ3) is 3.79. The quantitative estimate of drug-likeness (QED) is 0.571. The fourth-order valence-electron chi connectivity index (χ4n) is 2.12. The smallest absolute Gasteiger partial charge is 0.358 e. The normalized spacial score (nSPS) is 11.3. The molecule has 12 nitrogen and oxygen atoms in total. The topological polar surface area (TPSA) is 151 Å². The van der Waals surface area contributed by atoms with Gasteiger partial charge in [-0.15, -0.1) is 0 Å². The summed E-state index contributed by atoms with van der Waals surface area (Å²) in [6, 6.07) is 1.34. The second kappa shape index (κ2) is 6.67. The van der Waals surface area contributed by atoms with E-state index in [2.05, 4.69) is 15.5 Å². The zero-order chi connectivity index (χ0) is 18.8. The molecule has 2 rings (SSSR count). The van der Waals surface area contributed by atoms with Crippen LogP contribution in [0, 0.1) is 27.2 Å². The van der Waals surface area contributed by atoms with Crippen molar-refractivity contribution in [3.05, 3.63) is 44.4 Å². The van der Waals surface area contributed by atoms with Gasteiger partial charge in [0.25, 0.3) is 0 Å². The summed E-state index contributed by atoms with van der Waals surface area (Å²) in [4.78, 5) is 32.6. The number of rotatable bonds is 7. The second-order valence-corrected chi connectivity index (χ2v) is 5.84. The van der Waals surface area contributed by atoms with Crippen molar-refractivity contribution in [1.29, 1.82) is 0 Å². The fraction of sp³-hybridized carbons (Fsp3) is 0.462. The minimum Gasteiger partial charge on any atom is -0.358 e. The molecular weight excluding hydrogens is 334 g/mol. The fourth-order valence-corrected chi connectivity index (χ4v) is 2.12. The Labute approximate surface area is 141 Å². The van der Waals surface area contributed by atoms with Gasteiger partial charge in [-0.2, -0.15) is 9.78 Å². The molecule has 0 aromatic carbocycles. The molecule has 2 aromatic heterocycles. The van der Waals surface area contributed by atoms with Gasteiger partial charge in [-0.3, -0.25) is 19.6 Å². The summed E-state index contributed by atoms with van der Waals surface area (Å²) in [5.74, 6) is -0.655. The zero-order valence-electron chi connectivity index (χ0n) is 13.9. The Bertz CT molecular complexity index is 823. The molecule has 0 saturated carbocycles. The molecule has 0 saturated heterocycles. The molecule has 1 amide bonds. The summed E-state index contributed by atoms with van der Waals surface area (Å²) < 4.78 is 2.63. The molecule has 134 valence electrons. The van der Waals surface area contributed by atoms with Crippen LogP contribution in [0.15, 0.2) is 18.5 Å². The highest BCUT2D eigenvalue weighted by molar-refractivity contribution is 5.83. The van der Waals surface area contributed by atoms with Crippen molar-refractivity contribution in [2.75, 3.05) is 6.54 Å². The Hall–Kier alpha value is -3.31. The number of amides is 1. The molecule has 25 heavy (non-hydrogen) atoms. The highest BCUT2D eigenvalue weighted by Gasteiger charge is 2.31. The molecule has 0 aliphatic carbocycles. The average Bonchev–Trinajstić information content (AvgIpc) is 3.15. The molecule has 2 heterocycles. The number of nitrogens with one attached hydrogen (secondary N) is 1. The second-order valence-electron chi connectivity index (χ2n) is 5.84. The summed E-state index contributed by atoms with van der Waals surface area (Å²) in [7, 11) is 0. The first-order chi connectivity index (χ1) is 11.6. The summed E-state index contributed by atoms with van der Waals surface area (Å²) in [6.07, 6.45) is 2.25. The maximum atomic E-state index is 12.4. The summed E-state index contributed by atoms with van der Waals surface area (Å²) in [6.45, 7) is 5.26. The van der Waals surface area contributed by atoms with Gasteiger partial charge < -0.3 is 15.4 Å². The maximum Gasteiger partial charge on any atom is 0.390 e. The van der Waals surface area contributed by atoms with Crippen LogP contribution in [-0.2, 0) is 16.9 Å². The minimum absolute atomic E-state index is 0.186. The van der Waals surface area contributed by atoms with Crippen LogP contribution < -0.4 is 5.32 Å². The number of aromatic nitrogens is 4. The first kappa shape index (κ1) is 18.0. The van der Waals surface area contributed by atoms with E-state index in [0.29, 0.717) is 5.69 Å². The predicted octanol–water partition coefficient (Wildman–Crippen LogP) is 0.756. The number of nitrogens with zero attached hydrogens (tertiary/aromatic N) is 6. The van der Waals surface area contributed by atoms with Gasteiger partial charge in [0.05, 0.1) is 28.3 Å². The Morgan fingerprint density at radius 2 is 2.00 bits per heavy atom. The van der Waals surface area contributed by atoms with Crippen LogP contribution >= 0.6 is 0 Å². The molecule has 12 heteroatoms. The molecule has 1 N–H and O–H groups in total. The largest absolute Gasteiger partial charge is 0.390 e. The van der Waals surface area contributed by atoms with Crippen LogP contribution in [-0.4, -0.2) is 41.9 Å². The van der Waals surface area contributed by atoms with E-state index in [4.69, 9.17) is 0 Å². The van der Waals surface area contributed by atoms with Crippen LogP contribution in [0.25, 0.3) is 0 Å². The predicted molar refractivity (Wildman–Crippen MR) is 84.8 cm³/mol. The Morgan fingerprint density at radius 1 is 1.32 bits per heavy atom. The van der Waals surface area contributed by atoms with Crippen molar-refractivity contribution >= 4 is 17.4 Å². The maximum absolute atomic E-state index is 12.4. The third-order valence-electron chi connectivity index (χ3n) is 3.67.